The first-order valence-corrected chi connectivity index (χ1v) is 7.37. The molecule has 118 valence electrons. The molecule has 6 heteroatoms. The lowest BCUT2D eigenvalue weighted by atomic mass is 10.2. The highest BCUT2D eigenvalue weighted by molar-refractivity contribution is 5.74. The van der Waals surface area contributed by atoms with E-state index in [1.807, 2.05) is 24.3 Å². The maximum Gasteiger partial charge on any atom is 0.155 e. The van der Waals surface area contributed by atoms with E-state index in [1.54, 1.807) is 7.11 Å². The molecule has 0 amide bonds. The largest absolute Gasteiger partial charge is 0.497 e. The van der Waals surface area contributed by atoms with Gasteiger partial charge in [-0.05, 0) is 31.0 Å². The van der Waals surface area contributed by atoms with Crippen LogP contribution >= 0.6 is 0 Å². The number of nitrogens with zero attached hydrogens (tertiary/aromatic N) is 2. The number of nitrogens with two attached hydrogens (primary N) is 1. The Kier molecular flexibility index (Phi) is 5.41. The summed E-state index contributed by atoms with van der Waals surface area (Å²) in [6.07, 6.45) is 2.51. The molecular formula is C16H23N5O. The van der Waals surface area contributed by atoms with Gasteiger partial charge < -0.3 is 21.1 Å². The number of methoxy groups -OCH3 is 1. The first kappa shape index (κ1) is 15.9. The van der Waals surface area contributed by atoms with Gasteiger partial charge in [-0.3, -0.25) is 0 Å². The van der Waals surface area contributed by atoms with Gasteiger partial charge in [-0.25, -0.2) is 9.97 Å². The Labute approximate surface area is 131 Å². The number of hydrogen-bond donors (Lipinski definition) is 3. The second-order valence-electron chi connectivity index (χ2n) is 5.14. The van der Waals surface area contributed by atoms with E-state index in [4.69, 9.17) is 10.5 Å². The lowest BCUT2D eigenvalue weighted by molar-refractivity contribution is 0.414. The standard InChI is InChI=1S/C16H23N5O/c1-4-11(2)21-16-14(17)15(19-10-20-16)18-9-12-5-7-13(22-3)8-6-12/h5-8,10-11H,4,9,17H2,1-3H3,(H2,18,19,20,21). The number of hydrogen-bond acceptors (Lipinski definition) is 6. The summed E-state index contributed by atoms with van der Waals surface area (Å²) in [6.45, 7) is 4.83. The zero-order chi connectivity index (χ0) is 15.9. The van der Waals surface area contributed by atoms with Crippen molar-refractivity contribution >= 4 is 17.3 Å². The Bertz CT molecular complexity index is 600. The molecule has 6 nitrogen and oxygen atoms in total. The zero-order valence-corrected chi connectivity index (χ0v) is 13.3. The van der Waals surface area contributed by atoms with Crippen molar-refractivity contribution in [3.63, 3.8) is 0 Å². The SMILES string of the molecule is CCC(C)Nc1ncnc(NCc2ccc(OC)cc2)c1N. The van der Waals surface area contributed by atoms with Crippen molar-refractivity contribution in [1.82, 2.24) is 9.97 Å². The number of rotatable bonds is 7. The minimum atomic E-state index is 0.312. The van der Waals surface area contributed by atoms with Crippen LogP contribution in [0.25, 0.3) is 0 Å². The first-order chi connectivity index (χ1) is 10.6. The molecule has 0 aliphatic carbocycles. The van der Waals surface area contributed by atoms with Gasteiger partial charge in [-0.2, -0.15) is 0 Å². The number of nitrogens with one attached hydrogen (secondary N) is 2. The number of benzene rings is 1. The first-order valence-electron chi connectivity index (χ1n) is 7.37. The molecular weight excluding hydrogens is 278 g/mol. The van der Waals surface area contributed by atoms with Gasteiger partial charge in [-0.1, -0.05) is 19.1 Å². The summed E-state index contributed by atoms with van der Waals surface area (Å²) in [7, 11) is 1.65. The molecule has 0 spiro atoms. The molecule has 0 radical (unpaired) electrons. The van der Waals surface area contributed by atoms with Crippen LogP contribution in [0, 0.1) is 0 Å². The third-order valence-corrected chi connectivity index (χ3v) is 3.50. The van der Waals surface area contributed by atoms with Crippen LogP contribution in [0.15, 0.2) is 30.6 Å². The summed E-state index contributed by atoms with van der Waals surface area (Å²) in [6, 6.07) is 8.17. The summed E-state index contributed by atoms with van der Waals surface area (Å²) in [5, 5.41) is 6.52. The third-order valence-electron chi connectivity index (χ3n) is 3.50. The Morgan fingerprint density at radius 2 is 1.86 bits per heavy atom. The topological polar surface area (TPSA) is 85.1 Å². The zero-order valence-electron chi connectivity index (χ0n) is 13.3. The van der Waals surface area contributed by atoms with Crippen LogP contribution in [0.5, 0.6) is 5.75 Å². The highest BCUT2D eigenvalue weighted by Crippen LogP contribution is 2.24. The molecule has 0 fully saturated rings. The lowest BCUT2D eigenvalue weighted by Gasteiger charge is -2.16. The summed E-state index contributed by atoms with van der Waals surface area (Å²) in [4.78, 5) is 8.41. The van der Waals surface area contributed by atoms with Crippen molar-refractivity contribution in [3.8, 4) is 5.75 Å². The van der Waals surface area contributed by atoms with Crippen molar-refractivity contribution in [2.75, 3.05) is 23.5 Å². The van der Waals surface area contributed by atoms with Crippen LogP contribution in [0.4, 0.5) is 17.3 Å². The van der Waals surface area contributed by atoms with E-state index in [2.05, 4.69) is 34.4 Å². The fraction of sp³-hybridized carbons (Fsp3) is 0.375. The molecule has 0 aliphatic heterocycles. The highest BCUT2D eigenvalue weighted by Gasteiger charge is 2.09. The molecule has 1 unspecified atom stereocenters. The van der Waals surface area contributed by atoms with Gasteiger partial charge in [0, 0.05) is 12.6 Å². The van der Waals surface area contributed by atoms with Gasteiger partial charge in [0.1, 0.15) is 17.8 Å². The van der Waals surface area contributed by atoms with Gasteiger partial charge in [0.2, 0.25) is 0 Å². The maximum atomic E-state index is 6.13. The molecule has 2 aromatic rings. The molecule has 1 aromatic heterocycles. The van der Waals surface area contributed by atoms with E-state index in [-0.39, 0.29) is 0 Å². The average Bonchev–Trinajstić information content (AvgIpc) is 2.56. The van der Waals surface area contributed by atoms with Crippen LogP contribution in [0.1, 0.15) is 25.8 Å². The summed E-state index contributed by atoms with van der Waals surface area (Å²) >= 11 is 0. The van der Waals surface area contributed by atoms with Crippen molar-refractivity contribution < 1.29 is 4.74 Å². The monoisotopic (exact) mass is 301 g/mol. The average molecular weight is 301 g/mol. The molecule has 0 aliphatic rings. The molecule has 0 saturated carbocycles. The Morgan fingerprint density at radius 1 is 1.18 bits per heavy atom. The van der Waals surface area contributed by atoms with Gasteiger partial charge in [0.25, 0.3) is 0 Å². The Balaban J connectivity index is 2.04. The van der Waals surface area contributed by atoms with Crippen molar-refractivity contribution in [1.29, 1.82) is 0 Å². The van der Waals surface area contributed by atoms with Gasteiger partial charge in [0.15, 0.2) is 11.6 Å². The molecule has 4 N–H and O–H groups in total. The predicted octanol–water partition coefficient (Wildman–Crippen LogP) is 2.89. The molecule has 0 bridgehead atoms. The molecule has 1 heterocycles. The second kappa shape index (κ2) is 7.49. The van der Waals surface area contributed by atoms with Crippen molar-refractivity contribution in [2.24, 2.45) is 0 Å². The Morgan fingerprint density at radius 3 is 2.50 bits per heavy atom. The van der Waals surface area contributed by atoms with E-state index in [1.165, 1.54) is 6.33 Å². The third kappa shape index (κ3) is 4.00. The van der Waals surface area contributed by atoms with E-state index in [0.717, 1.165) is 17.7 Å². The number of anilines is 3. The normalized spacial score (nSPS) is 11.8. The van der Waals surface area contributed by atoms with E-state index < -0.39 is 0 Å². The summed E-state index contributed by atoms with van der Waals surface area (Å²) in [5.74, 6) is 2.14. The van der Waals surface area contributed by atoms with Gasteiger partial charge in [0.05, 0.1) is 7.11 Å². The summed E-state index contributed by atoms with van der Waals surface area (Å²) < 4.78 is 5.15. The molecule has 1 atom stereocenters. The number of aromatic nitrogens is 2. The van der Waals surface area contributed by atoms with Crippen LogP contribution in [0.2, 0.25) is 0 Å². The van der Waals surface area contributed by atoms with Crippen LogP contribution in [-0.2, 0) is 6.54 Å². The van der Waals surface area contributed by atoms with E-state index in [0.29, 0.717) is 29.9 Å². The number of ether oxygens (including phenoxy) is 1. The van der Waals surface area contributed by atoms with E-state index in [9.17, 15) is 0 Å². The highest BCUT2D eigenvalue weighted by atomic mass is 16.5. The van der Waals surface area contributed by atoms with Gasteiger partial charge in [-0.15, -0.1) is 0 Å². The second-order valence-corrected chi connectivity index (χ2v) is 5.14. The van der Waals surface area contributed by atoms with Crippen molar-refractivity contribution in [3.05, 3.63) is 36.2 Å². The lowest BCUT2D eigenvalue weighted by Crippen LogP contribution is -2.17. The van der Waals surface area contributed by atoms with Crippen LogP contribution in [-0.4, -0.2) is 23.1 Å². The quantitative estimate of drug-likeness (QED) is 0.729. The van der Waals surface area contributed by atoms with Crippen LogP contribution < -0.4 is 21.1 Å². The van der Waals surface area contributed by atoms with E-state index >= 15 is 0 Å². The summed E-state index contributed by atoms with van der Waals surface area (Å²) in [5.41, 5.74) is 7.78. The predicted molar refractivity (Wildman–Crippen MR) is 90.1 cm³/mol. The molecule has 1 aromatic carbocycles. The maximum absolute atomic E-state index is 6.13. The minimum Gasteiger partial charge on any atom is -0.497 e. The van der Waals surface area contributed by atoms with Crippen LogP contribution in [0.3, 0.4) is 0 Å². The molecule has 2 rings (SSSR count). The Hall–Kier alpha value is -2.50. The molecule has 22 heavy (non-hydrogen) atoms. The fourth-order valence-corrected chi connectivity index (χ4v) is 1.92. The number of nitrogen functional groups attached to an aromatic ring is 1. The minimum absolute atomic E-state index is 0.312. The molecule has 0 saturated heterocycles. The fourth-order valence-electron chi connectivity index (χ4n) is 1.92. The van der Waals surface area contributed by atoms with Crippen molar-refractivity contribution in [2.45, 2.75) is 32.9 Å². The van der Waals surface area contributed by atoms with Gasteiger partial charge >= 0.3 is 0 Å². The smallest absolute Gasteiger partial charge is 0.155 e.